The summed E-state index contributed by atoms with van der Waals surface area (Å²) in [5.41, 5.74) is 4.98. The van der Waals surface area contributed by atoms with Gasteiger partial charge in [0.1, 0.15) is 17.3 Å². The number of aryl methyl sites for hydroxylation is 2. The van der Waals surface area contributed by atoms with E-state index in [0.717, 1.165) is 17.2 Å². The molecule has 0 saturated carbocycles. The Morgan fingerprint density at radius 1 is 1.00 bits per heavy atom. The van der Waals surface area contributed by atoms with Gasteiger partial charge >= 0.3 is 5.97 Å². The van der Waals surface area contributed by atoms with Crippen molar-refractivity contribution in [1.29, 1.82) is 0 Å². The Morgan fingerprint density at radius 2 is 1.71 bits per heavy atom. The van der Waals surface area contributed by atoms with Crippen LogP contribution in [0.1, 0.15) is 27.0 Å². The van der Waals surface area contributed by atoms with Crippen LogP contribution < -0.4 is 14.9 Å². The summed E-state index contributed by atoms with van der Waals surface area (Å²) in [5.74, 6) is -0.664. The first-order chi connectivity index (χ1) is 14.9. The summed E-state index contributed by atoms with van der Waals surface area (Å²) in [6, 6.07) is 17.5. The zero-order valence-electron chi connectivity index (χ0n) is 17.1. The van der Waals surface area contributed by atoms with E-state index in [0.29, 0.717) is 11.3 Å². The van der Waals surface area contributed by atoms with Crippen molar-refractivity contribution >= 4 is 18.1 Å². The number of amides is 1. The summed E-state index contributed by atoms with van der Waals surface area (Å²) in [7, 11) is 0. The summed E-state index contributed by atoms with van der Waals surface area (Å²) in [6.07, 6.45) is 1.41. The third-order valence-electron chi connectivity index (χ3n) is 4.29. The molecule has 1 N–H and O–H groups in total. The van der Waals surface area contributed by atoms with Crippen molar-refractivity contribution in [1.82, 2.24) is 5.43 Å². The first kappa shape index (κ1) is 21.7. The number of hydrazone groups is 1. The summed E-state index contributed by atoms with van der Waals surface area (Å²) >= 11 is 0. The second-order valence-electron chi connectivity index (χ2n) is 6.78. The first-order valence-corrected chi connectivity index (χ1v) is 9.51. The van der Waals surface area contributed by atoms with Crippen molar-refractivity contribution in [3.63, 3.8) is 0 Å². The van der Waals surface area contributed by atoms with Crippen molar-refractivity contribution in [2.24, 2.45) is 5.10 Å². The molecule has 7 heteroatoms. The van der Waals surface area contributed by atoms with Crippen molar-refractivity contribution in [2.75, 3.05) is 6.61 Å². The molecule has 3 rings (SSSR count). The van der Waals surface area contributed by atoms with Gasteiger partial charge in [-0.1, -0.05) is 36.4 Å². The summed E-state index contributed by atoms with van der Waals surface area (Å²) in [6.45, 7) is 3.65. The number of carbonyl (C=O) groups excluding carboxylic acids is 2. The van der Waals surface area contributed by atoms with E-state index in [4.69, 9.17) is 9.47 Å². The molecule has 0 saturated heterocycles. The Balaban J connectivity index is 1.54. The second kappa shape index (κ2) is 10.2. The SMILES string of the molecule is Cc1cccc(C)c1OCC(=O)NN=Cc1cccc(OC(=O)c2cccc(F)c2)c1. The van der Waals surface area contributed by atoms with Gasteiger partial charge in [-0.15, -0.1) is 0 Å². The van der Waals surface area contributed by atoms with Gasteiger partial charge in [-0.3, -0.25) is 4.79 Å². The molecule has 3 aromatic rings. The van der Waals surface area contributed by atoms with Gasteiger partial charge in [0.2, 0.25) is 0 Å². The molecule has 31 heavy (non-hydrogen) atoms. The molecule has 0 bridgehead atoms. The average molecular weight is 420 g/mol. The van der Waals surface area contributed by atoms with Gasteiger partial charge in [-0.25, -0.2) is 14.6 Å². The summed E-state index contributed by atoms with van der Waals surface area (Å²) in [4.78, 5) is 24.1. The number of hydrogen-bond acceptors (Lipinski definition) is 5. The highest BCUT2D eigenvalue weighted by atomic mass is 19.1. The molecule has 0 unspecified atom stereocenters. The van der Waals surface area contributed by atoms with Crippen molar-refractivity contribution in [2.45, 2.75) is 13.8 Å². The lowest BCUT2D eigenvalue weighted by Crippen LogP contribution is -2.25. The number of esters is 1. The molecule has 158 valence electrons. The van der Waals surface area contributed by atoms with Crippen LogP contribution in [0.2, 0.25) is 0 Å². The van der Waals surface area contributed by atoms with Gasteiger partial charge in [-0.2, -0.15) is 5.10 Å². The number of hydrogen-bond donors (Lipinski definition) is 1. The van der Waals surface area contributed by atoms with Crippen LogP contribution in [0.4, 0.5) is 4.39 Å². The van der Waals surface area contributed by atoms with E-state index in [1.807, 2.05) is 32.0 Å². The van der Waals surface area contributed by atoms with E-state index < -0.39 is 17.7 Å². The number of para-hydroxylation sites is 1. The Bertz CT molecular complexity index is 1110. The number of nitrogens with zero attached hydrogens (tertiary/aromatic N) is 1. The van der Waals surface area contributed by atoms with Crippen LogP contribution in [0, 0.1) is 19.7 Å². The van der Waals surface area contributed by atoms with E-state index in [1.165, 1.54) is 24.4 Å². The molecule has 0 spiro atoms. The maximum absolute atomic E-state index is 13.3. The van der Waals surface area contributed by atoms with E-state index in [9.17, 15) is 14.0 Å². The van der Waals surface area contributed by atoms with Gasteiger partial charge in [0.15, 0.2) is 6.61 Å². The smallest absolute Gasteiger partial charge is 0.343 e. The zero-order valence-corrected chi connectivity index (χ0v) is 17.1. The van der Waals surface area contributed by atoms with E-state index in [2.05, 4.69) is 10.5 Å². The van der Waals surface area contributed by atoms with Gasteiger partial charge < -0.3 is 9.47 Å². The number of halogens is 1. The predicted octanol–water partition coefficient (Wildman–Crippen LogP) is 4.19. The second-order valence-corrected chi connectivity index (χ2v) is 6.78. The lowest BCUT2D eigenvalue weighted by molar-refractivity contribution is -0.123. The number of ether oxygens (including phenoxy) is 2. The largest absolute Gasteiger partial charge is 0.483 e. The predicted molar refractivity (Wildman–Crippen MR) is 115 cm³/mol. The van der Waals surface area contributed by atoms with E-state index in [1.54, 1.807) is 24.3 Å². The van der Waals surface area contributed by atoms with E-state index in [-0.39, 0.29) is 17.9 Å². The highest BCUT2D eigenvalue weighted by molar-refractivity contribution is 5.91. The minimum atomic E-state index is -0.675. The maximum atomic E-state index is 13.3. The number of rotatable bonds is 7. The van der Waals surface area contributed by atoms with Crippen LogP contribution >= 0.6 is 0 Å². The van der Waals surface area contributed by atoms with E-state index >= 15 is 0 Å². The van der Waals surface area contributed by atoms with Gasteiger partial charge in [0.25, 0.3) is 5.91 Å². The third-order valence-corrected chi connectivity index (χ3v) is 4.29. The summed E-state index contributed by atoms with van der Waals surface area (Å²) in [5, 5.41) is 3.89. The molecule has 1 amide bonds. The van der Waals surface area contributed by atoms with Crippen LogP contribution in [0.25, 0.3) is 0 Å². The zero-order chi connectivity index (χ0) is 22.2. The molecule has 0 radical (unpaired) electrons. The Kier molecular flexibility index (Phi) is 7.11. The number of carbonyl (C=O) groups is 2. The Labute approximate surface area is 179 Å². The molecule has 0 aliphatic rings. The fourth-order valence-electron chi connectivity index (χ4n) is 2.82. The molecule has 6 nitrogen and oxygen atoms in total. The lowest BCUT2D eigenvalue weighted by atomic mass is 10.1. The molecule has 0 aromatic heterocycles. The standard InChI is InChI=1S/C24H21FN2O4/c1-16-6-3-7-17(2)23(16)30-15-22(28)27-26-14-18-8-4-11-21(12-18)31-24(29)19-9-5-10-20(25)13-19/h3-14H,15H2,1-2H3,(H,27,28). The van der Waals surface area contributed by atoms with Crippen LogP contribution in [0.3, 0.4) is 0 Å². The van der Waals surface area contributed by atoms with Gasteiger partial charge in [0, 0.05) is 0 Å². The molecular formula is C24H21FN2O4. The molecule has 3 aromatic carbocycles. The molecular weight excluding hydrogens is 399 g/mol. The Morgan fingerprint density at radius 3 is 2.45 bits per heavy atom. The van der Waals surface area contributed by atoms with Crippen LogP contribution in [-0.2, 0) is 4.79 Å². The van der Waals surface area contributed by atoms with Crippen LogP contribution in [0.15, 0.2) is 71.8 Å². The van der Waals surface area contributed by atoms with Crippen molar-refractivity contribution in [3.8, 4) is 11.5 Å². The molecule has 0 atom stereocenters. The monoisotopic (exact) mass is 420 g/mol. The number of benzene rings is 3. The first-order valence-electron chi connectivity index (χ1n) is 9.51. The van der Waals surface area contributed by atoms with Gasteiger partial charge in [0.05, 0.1) is 11.8 Å². The fourth-order valence-corrected chi connectivity index (χ4v) is 2.82. The number of nitrogens with one attached hydrogen (secondary N) is 1. The molecule has 0 aliphatic heterocycles. The minimum absolute atomic E-state index is 0.107. The van der Waals surface area contributed by atoms with Crippen LogP contribution in [-0.4, -0.2) is 24.7 Å². The Hall–Kier alpha value is -4.00. The topological polar surface area (TPSA) is 77.0 Å². The molecule has 0 heterocycles. The third kappa shape index (κ3) is 6.24. The normalized spacial score (nSPS) is 10.7. The fraction of sp³-hybridized carbons (Fsp3) is 0.125. The maximum Gasteiger partial charge on any atom is 0.343 e. The highest BCUT2D eigenvalue weighted by Gasteiger charge is 2.10. The molecule has 0 fully saturated rings. The summed E-state index contributed by atoms with van der Waals surface area (Å²) < 4.78 is 24.1. The minimum Gasteiger partial charge on any atom is -0.483 e. The van der Waals surface area contributed by atoms with Crippen LogP contribution in [0.5, 0.6) is 11.5 Å². The molecule has 0 aliphatic carbocycles. The average Bonchev–Trinajstić information content (AvgIpc) is 2.74. The highest BCUT2D eigenvalue weighted by Crippen LogP contribution is 2.22. The van der Waals surface area contributed by atoms with Crippen molar-refractivity contribution < 1.29 is 23.5 Å². The van der Waals surface area contributed by atoms with Crippen molar-refractivity contribution in [3.05, 3.63) is 94.8 Å². The lowest BCUT2D eigenvalue weighted by Gasteiger charge is -2.10. The quantitative estimate of drug-likeness (QED) is 0.269. The van der Waals surface area contributed by atoms with Gasteiger partial charge in [-0.05, 0) is 60.9 Å².